The lowest BCUT2D eigenvalue weighted by atomic mass is 10.1. The summed E-state index contributed by atoms with van der Waals surface area (Å²) in [5.74, 6) is 0. The fourth-order valence-electron chi connectivity index (χ4n) is 2.85. The Bertz CT molecular complexity index is 1090. The second-order valence-corrected chi connectivity index (χ2v) is 6.03. The van der Waals surface area contributed by atoms with Crippen molar-refractivity contribution in [3.63, 3.8) is 0 Å². The lowest BCUT2D eigenvalue weighted by molar-refractivity contribution is 1.01. The molecule has 4 rings (SSSR count). The fourth-order valence-corrected chi connectivity index (χ4v) is 3.05. The van der Waals surface area contributed by atoms with Crippen LogP contribution in [0.25, 0.3) is 16.5 Å². The molecule has 4 aromatic rings. The van der Waals surface area contributed by atoms with Gasteiger partial charge in [-0.15, -0.1) is 0 Å². The quantitative estimate of drug-likeness (QED) is 0.585. The molecule has 0 saturated carbocycles. The van der Waals surface area contributed by atoms with Gasteiger partial charge in [0.15, 0.2) is 5.15 Å². The van der Waals surface area contributed by atoms with Gasteiger partial charge in [0.25, 0.3) is 5.56 Å². The lowest BCUT2D eigenvalue weighted by Gasteiger charge is -2.13. The zero-order chi connectivity index (χ0) is 17.2. The molecular weight excluding hydrogens is 336 g/mol. The molecule has 0 spiro atoms. The number of nitrogens with one attached hydrogen (secondary N) is 2. The number of hydrogen-bond donors (Lipinski definition) is 2. The number of benzene rings is 2. The second kappa shape index (κ2) is 6.45. The Hall–Kier alpha value is -3.05. The van der Waals surface area contributed by atoms with E-state index in [4.69, 9.17) is 11.6 Å². The van der Waals surface area contributed by atoms with Crippen molar-refractivity contribution in [1.29, 1.82) is 0 Å². The minimum atomic E-state index is -0.246. The number of hydrogen-bond acceptors (Lipinski definition) is 3. The highest BCUT2D eigenvalue weighted by Gasteiger charge is 2.07. The molecule has 2 aromatic heterocycles. The Morgan fingerprint density at radius 1 is 1.04 bits per heavy atom. The van der Waals surface area contributed by atoms with Crippen LogP contribution in [0.4, 0.5) is 5.69 Å². The zero-order valence-electron chi connectivity index (χ0n) is 13.2. The molecule has 5 nitrogen and oxygen atoms in total. The molecule has 2 heterocycles. The largest absolute Gasteiger partial charge is 0.381 e. The van der Waals surface area contributed by atoms with Crippen LogP contribution >= 0.6 is 11.6 Å². The maximum Gasteiger partial charge on any atom is 0.272 e. The Kier molecular flexibility index (Phi) is 3.99. The van der Waals surface area contributed by atoms with E-state index < -0.39 is 0 Å². The van der Waals surface area contributed by atoms with E-state index in [1.54, 1.807) is 6.07 Å². The third-order valence-electron chi connectivity index (χ3n) is 4.10. The number of anilines is 1. The summed E-state index contributed by atoms with van der Waals surface area (Å²) in [5.41, 5.74) is 2.92. The number of para-hydroxylation sites is 1. The zero-order valence-corrected chi connectivity index (χ0v) is 14.0. The summed E-state index contributed by atoms with van der Waals surface area (Å²) in [6.45, 7) is 0.647. The Balaban J connectivity index is 1.64. The maximum absolute atomic E-state index is 11.8. The average Bonchev–Trinajstić information content (AvgIpc) is 3.18. The highest BCUT2D eigenvalue weighted by atomic mass is 35.5. The summed E-state index contributed by atoms with van der Waals surface area (Å²) in [7, 11) is 0. The van der Waals surface area contributed by atoms with Crippen LogP contribution in [0, 0.1) is 0 Å². The molecule has 0 unspecified atom stereocenters. The summed E-state index contributed by atoms with van der Waals surface area (Å²) in [6.07, 6.45) is 4.04. The molecule has 0 amide bonds. The van der Waals surface area contributed by atoms with Crippen molar-refractivity contribution in [3.8, 4) is 5.69 Å². The molecule has 2 N–H and O–H groups in total. The highest BCUT2D eigenvalue weighted by molar-refractivity contribution is 6.34. The summed E-state index contributed by atoms with van der Waals surface area (Å²) < 4.78 is 2.08. The standard InChI is InChI=1S/C19H15ClN4O/c20-18-16-11-14(7-8-15(16)19(25)23-22-18)21-12-13-5-1-2-6-17(13)24-9-3-4-10-24/h1-11,21H,12H2,(H,23,25). The Morgan fingerprint density at radius 3 is 2.68 bits per heavy atom. The summed E-state index contributed by atoms with van der Waals surface area (Å²) in [4.78, 5) is 11.8. The number of rotatable bonds is 4. The van der Waals surface area contributed by atoms with E-state index in [0.29, 0.717) is 17.3 Å². The van der Waals surface area contributed by atoms with Crippen LogP contribution in [0.15, 0.2) is 71.8 Å². The van der Waals surface area contributed by atoms with Crippen LogP contribution < -0.4 is 10.9 Å². The second-order valence-electron chi connectivity index (χ2n) is 5.68. The third-order valence-corrected chi connectivity index (χ3v) is 4.39. The first kappa shape index (κ1) is 15.5. The van der Waals surface area contributed by atoms with Gasteiger partial charge >= 0.3 is 0 Å². The van der Waals surface area contributed by atoms with Crippen LogP contribution in [0.1, 0.15) is 5.56 Å². The molecule has 0 aliphatic carbocycles. The van der Waals surface area contributed by atoms with Crippen LogP contribution in [0.2, 0.25) is 5.15 Å². The van der Waals surface area contributed by atoms with Crippen LogP contribution in [-0.4, -0.2) is 14.8 Å². The van der Waals surface area contributed by atoms with Gasteiger partial charge < -0.3 is 9.88 Å². The normalized spacial score (nSPS) is 10.9. The number of aromatic nitrogens is 3. The van der Waals surface area contributed by atoms with Crippen molar-refractivity contribution in [2.75, 3.05) is 5.32 Å². The number of fused-ring (bicyclic) bond motifs is 1. The van der Waals surface area contributed by atoms with Gasteiger partial charge in [0.1, 0.15) is 0 Å². The Morgan fingerprint density at radius 2 is 1.84 bits per heavy atom. The van der Waals surface area contributed by atoms with E-state index >= 15 is 0 Å². The van der Waals surface area contributed by atoms with E-state index in [-0.39, 0.29) is 10.7 Å². The molecule has 0 radical (unpaired) electrons. The van der Waals surface area contributed by atoms with Crippen molar-refractivity contribution in [2.45, 2.75) is 6.54 Å². The molecule has 0 atom stereocenters. The minimum Gasteiger partial charge on any atom is -0.381 e. The molecule has 0 aliphatic heterocycles. The summed E-state index contributed by atoms with van der Waals surface area (Å²) >= 11 is 6.10. The SMILES string of the molecule is O=c1[nH]nc(Cl)c2cc(NCc3ccccc3-n3cccc3)ccc12. The Labute approximate surface area is 148 Å². The molecule has 0 saturated heterocycles. The van der Waals surface area contributed by atoms with Gasteiger partial charge in [-0.1, -0.05) is 29.8 Å². The summed E-state index contributed by atoms with van der Waals surface area (Å²) in [5, 5.41) is 11.0. The van der Waals surface area contributed by atoms with Gasteiger partial charge in [0.05, 0.1) is 5.39 Å². The molecule has 0 aliphatic rings. The van der Waals surface area contributed by atoms with Crippen molar-refractivity contribution in [3.05, 3.63) is 88.1 Å². The molecule has 124 valence electrons. The van der Waals surface area contributed by atoms with E-state index in [0.717, 1.165) is 16.9 Å². The molecule has 0 bridgehead atoms. The highest BCUT2D eigenvalue weighted by Crippen LogP contribution is 2.23. The molecule has 0 fully saturated rings. The fraction of sp³-hybridized carbons (Fsp3) is 0.0526. The van der Waals surface area contributed by atoms with E-state index in [1.807, 2.05) is 48.8 Å². The first-order valence-electron chi connectivity index (χ1n) is 7.85. The molecule has 6 heteroatoms. The number of aromatic amines is 1. The number of nitrogens with zero attached hydrogens (tertiary/aromatic N) is 2. The maximum atomic E-state index is 11.8. The first-order chi connectivity index (χ1) is 12.2. The summed E-state index contributed by atoms with van der Waals surface area (Å²) in [6, 6.07) is 17.7. The van der Waals surface area contributed by atoms with Gasteiger partial charge in [0.2, 0.25) is 0 Å². The number of halogens is 1. The van der Waals surface area contributed by atoms with Crippen molar-refractivity contribution >= 4 is 28.1 Å². The van der Waals surface area contributed by atoms with Crippen LogP contribution in [0.3, 0.4) is 0 Å². The first-order valence-corrected chi connectivity index (χ1v) is 8.23. The average molecular weight is 351 g/mol. The van der Waals surface area contributed by atoms with Crippen LogP contribution in [-0.2, 0) is 6.54 Å². The van der Waals surface area contributed by atoms with Gasteiger partial charge in [-0.05, 0) is 42.0 Å². The van der Waals surface area contributed by atoms with Gasteiger partial charge in [-0.2, -0.15) is 5.10 Å². The third kappa shape index (κ3) is 3.02. The van der Waals surface area contributed by atoms with Gasteiger partial charge in [-0.25, -0.2) is 5.10 Å². The van der Waals surface area contributed by atoms with Crippen molar-refractivity contribution < 1.29 is 0 Å². The lowest BCUT2D eigenvalue weighted by Crippen LogP contribution is -2.09. The van der Waals surface area contributed by atoms with E-state index in [2.05, 4.69) is 32.2 Å². The topological polar surface area (TPSA) is 62.7 Å². The molecule has 2 aromatic carbocycles. The number of H-pyrrole nitrogens is 1. The predicted molar refractivity (Wildman–Crippen MR) is 100 cm³/mol. The van der Waals surface area contributed by atoms with E-state index in [9.17, 15) is 4.79 Å². The van der Waals surface area contributed by atoms with Crippen molar-refractivity contribution in [1.82, 2.24) is 14.8 Å². The molecule has 25 heavy (non-hydrogen) atoms. The van der Waals surface area contributed by atoms with Gasteiger partial charge in [-0.3, -0.25) is 4.79 Å². The van der Waals surface area contributed by atoms with E-state index in [1.165, 1.54) is 0 Å². The minimum absolute atomic E-state index is 0.246. The monoisotopic (exact) mass is 350 g/mol. The van der Waals surface area contributed by atoms with Gasteiger partial charge in [0, 0.05) is 35.7 Å². The smallest absolute Gasteiger partial charge is 0.272 e. The van der Waals surface area contributed by atoms with Crippen LogP contribution in [0.5, 0.6) is 0 Å². The predicted octanol–water partition coefficient (Wildman–Crippen LogP) is 3.98. The molecular formula is C19H15ClN4O. The van der Waals surface area contributed by atoms with Crippen molar-refractivity contribution in [2.24, 2.45) is 0 Å².